The Bertz CT molecular complexity index is 451. The lowest BCUT2D eigenvalue weighted by Gasteiger charge is -2.24. The van der Waals surface area contributed by atoms with E-state index in [0.29, 0.717) is 18.4 Å². The molecule has 4 atom stereocenters. The molecular weight excluding hydrogens is 272 g/mol. The lowest BCUT2D eigenvalue weighted by molar-refractivity contribution is -0.123. The molecule has 2 bridgehead atoms. The molecule has 2 fully saturated rings. The van der Waals surface area contributed by atoms with Gasteiger partial charge in [-0.25, -0.2) is 0 Å². The molecule has 20 heavy (non-hydrogen) atoms. The van der Waals surface area contributed by atoms with Gasteiger partial charge in [-0.15, -0.1) is 12.4 Å². The predicted molar refractivity (Wildman–Crippen MR) is 82.7 cm³/mol. The summed E-state index contributed by atoms with van der Waals surface area (Å²) < 4.78 is 0. The summed E-state index contributed by atoms with van der Waals surface area (Å²) in [4.78, 5) is 12.1. The van der Waals surface area contributed by atoms with Crippen LogP contribution in [0.15, 0.2) is 30.3 Å². The summed E-state index contributed by atoms with van der Waals surface area (Å²) >= 11 is 0. The molecule has 0 spiro atoms. The lowest BCUT2D eigenvalue weighted by atomic mass is 9.95. The zero-order valence-corrected chi connectivity index (χ0v) is 12.4. The molecule has 0 saturated heterocycles. The summed E-state index contributed by atoms with van der Waals surface area (Å²) in [6, 6.07) is 9.93. The number of hydrogen-bond donors (Lipinski definition) is 2. The minimum Gasteiger partial charge on any atom is -0.352 e. The topological polar surface area (TPSA) is 55.1 Å². The molecule has 2 aliphatic rings. The van der Waals surface area contributed by atoms with Gasteiger partial charge in [-0.2, -0.15) is 0 Å². The Morgan fingerprint density at radius 2 is 2.00 bits per heavy atom. The molecule has 110 valence electrons. The van der Waals surface area contributed by atoms with Gasteiger partial charge in [0.1, 0.15) is 0 Å². The molecule has 3 rings (SSSR count). The number of hydrogen-bond acceptors (Lipinski definition) is 2. The Hall–Kier alpha value is -1.06. The predicted octanol–water partition coefficient (Wildman–Crippen LogP) is 2.28. The van der Waals surface area contributed by atoms with Crippen LogP contribution in [0, 0.1) is 11.8 Å². The van der Waals surface area contributed by atoms with Crippen molar-refractivity contribution in [3.05, 3.63) is 35.9 Å². The first kappa shape index (κ1) is 15.3. The van der Waals surface area contributed by atoms with Crippen molar-refractivity contribution in [2.75, 3.05) is 0 Å². The number of nitrogens with one attached hydrogen (secondary N) is 1. The average Bonchev–Trinajstić information content (AvgIpc) is 3.02. The SMILES string of the molecule is Cl.NC(Cc1ccccc1)C(=O)NC1CC2CCC1C2. The molecule has 0 aliphatic heterocycles. The standard InChI is InChI=1S/C16H22N2O.ClH/c17-14(9-11-4-2-1-3-5-11)16(19)18-15-10-12-6-7-13(15)8-12;/h1-5,12-15H,6-10,17H2,(H,18,19);1H. The van der Waals surface area contributed by atoms with Crippen LogP contribution in [0.25, 0.3) is 0 Å². The summed E-state index contributed by atoms with van der Waals surface area (Å²) in [5, 5.41) is 3.17. The van der Waals surface area contributed by atoms with Crippen molar-refractivity contribution in [1.29, 1.82) is 0 Å². The second-order valence-electron chi connectivity index (χ2n) is 6.09. The van der Waals surface area contributed by atoms with Gasteiger partial charge >= 0.3 is 0 Å². The zero-order chi connectivity index (χ0) is 13.2. The van der Waals surface area contributed by atoms with Gasteiger partial charge in [0.15, 0.2) is 0 Å². The fourth-order valence-electron chi connectivity index (χ4n) is 3.67. The van der Waals surface area contributed by atoms with Crippen LogP contribution in [0.5, 0.6) is 0 Å². The van der Waals surface area contributed by atoms with Crippen LogP contribution in [0.4, 0.5) is 0 Å². The first-order chi connectivity index (χ1) is 9.22. The number of carbonyl (C=O) groups excluding carboxylic acids is 1. The Kier molecular flexibility index (Phi) is 5.06. The second-order valence-corrected chi connectivity index (χ2v) is 6.09. The highest BCUT2D eigenvalue weighted by Crippen LogP contribution is 2.44. The number of benzene rings is 1. The summed E-state index contributed by atoms with van der Waals surface area (Å²) in [5.74, 6) is 1.57. The molecule has 3 N–H and O–H groups in total. The third-order valence-electron chi connectivity index (χ3n) is 4.70. The third-order valence-corrected chi connectivity index (χ3v) is 4.70. The zero-order valence-electron chi connectivity index (χ0n) is 11.6. The first-order valence-corrected chi connectivity index (χ1v) is 7.32. The maximum Gasteiger partial charge on any atom is 0.237 e. The number of rotatable bonds is 4. The van der Waals surface area contributed by atoms with Crippen LogP contribution in [-0.2, 0) is 11.2 Å². The summed E-state index contributed by atoms with van der Waals surface area (Å²) in [5.41, 5.74) is 7.14. The third kappa shape index (κ3) is 3.33. The van der Waals surface area contributed by atoms with E-state index in [4.69, 9.17) is 5.73 Å². The Labute approximate surface area is 126 Å². The number of nitrogens with two attached hydrogens (primary N) is 1. The van der Waals surface area contributed by atoms with Crippen molar-refractivity contribution in [2.24, 2.45) is 17.6 Å². The van der Waals surface area contributed by atoms with Gasteiger partial charge in [0, 0.05) is 6.04 Å². The van der Waals surface area contributed by atoms with Gasteiger partial charge in [0.05, 0.1) is 6.04 Å². The Morgan fingerprint density at radius 1 is 1.25 bits per heavy atom. The fourth-order valence-corrected chi connectivity index (χ4v) is 3.67. The van der Waals surface area contributed by atoms with Crippen molar-refractivity contribution in [2.45, 2.75) is 44.2 Å². The molecule has 3 nitrogen and oxygen atoms in total. The summed E-state index contributed by atoms with van der Waals surface area (Å²) in [6.07, 6.45) is 5.72. The second kappa shape index (κ2) is 6.59. The van der Waals surface area contributed by atoms with E-state index in [0.717, 1.165) is 17.9 Å². The quantitative estimate of drug-likeness (QED) is 0.895. The fraction of sp³-hybridized carbons (Fsp3) is 0.562. The monoisotopic (exact) mass is 294 g/mol. The molecule has 2 aliphatic carbocycles. The Morgan fingerprint density at radius 3 is 2.60 bits per heavy atom. The molecule has 0 heterocycles. The highest BCUT2D eigenvalue weighted by atomic mass is 35.5. The van der Waals surface area contributed by atoms with E-state index in [-0.39, 0.29) is 18.3 Å². The van der Waals surface area contributed by atoms with Crippen LogP contribution in [-0.4, -0.2) is 18.0 Å². The first-order valence-electron chi connectivity index (χ1n) is 7.32. The van der Waals surface area contributed by atoms with Crippen LogP contribution in [0.3, 0.4) is 0 Å². The number of carbonyl (C=O) groups is 1. The van der Waals surface area contributed by atoms with Crippen molar-refractivity contribution in [3.63, 3.8) is 0 Å². The molecule has 0 aromatic heterocycles. The van der Waals surface area contributed by atoms with E-state index in [1.54, 1.807) is 0 Å². The van der Waals surface area contributed by atoms with Crippen molar-refractivity contribution in [1.82, 2.24) is 5.32 Å². The molecule has 1 aromatic carbocycles. The highest BCUT2D eigenvalue weighted by Gasteiger charge is 2.40. The van der Waals surface area contributed by atoms with E-state index in [2.05, 4.69) is 5.32 Å². The van der Waals surface area contributed by atoms with E-state index in [9.17, 15) is 4.79 Å². The van der Waals surface area contributed by atoms with E-state index in [1.165, 1.54) is 19.3 Å². The van der Waals surface area contributed by atoms with Crippen LogP contribution < -0.4 is 11.1 Å². The van der Waals surface area contributed by atoms with Gasteiger partial charge in [-0.1, -0.05) is 36.8 Å². The number of amides is 1. The number of fused-ring (bicyclic) bond motifs is 2. The van der Waals surface area contributed by atoms with Gasteiger partial charge < -0.3 is 11.1 Å². The molecule has 4 unspecified atom stereocenters. The molecule has 4 heteroatoms. The summed E-state index contributed by atoms with van der Waals surface area (Å²) in [6.45, 7) is 0. The maximum atomic E-state index is 12.1. The van der Waals surface area contributed by atoms with E-state index >= 15 is 0 Å². The van der Waals surface area contributed by atoms with Crippen molar-refractivity contribution in [3.8, 4) is 0 Å². The van der Waals surface area contributed by atoms with Crippen LogP contribution in [0.2, 0.25) is 0 Å². The minimum absolute atomic E-state index is 0. The van der Waals surface area contributed by atoms with Crippen LogP contribution in [0.1, 0.15) is 31.2 Å². The van der Waals surface area contributed by atoms with Crippen molar-refractivity contribution < 1.29 is 4.79 Å². The molecule has 1 amide bonds. The average molecular weight is 295 g/mol. The lowest BCUT2D eigenvalue weighted by Crippen LogP contribution is -2.48. The maximum absolute atomic E-state index is 12.1. The van der Waals surface area contributed by atoms with Gasteiger partial charge in [-0.3, -0.25) is 4.79 Å². The molecule has 0 radical (unpaired) electrons. The normalized spacial score (nSPS) is 28.8. The van der Waals surface area contributed by atoms with E-state index < -0.39 is 6.04 Å². The Balaban J connectivity index is 0.00000147. The van der Waals surface area contributed by atoms with Crippen molar-refractivity contribution >= 4 is 18.3 Å². The smallest absolute Gasteiger partial charge is 0.237 e. The van der Waals surface area contributed by atoms with E-state index in [1.807, 2.05) is 30.3 Å². The summed E-state index contributed by atoms with van der Waals surface area (Å²) in [7, 11) is 0. The van der Waals surface area contributed by atoms with Gasteiger partial charge in [0.25, 0.3) is 0 Å². The molecule has 2 saturated carbocycles. The molecule has 1 aromatic rings. The van der Waals surface area contributed by atoms with Gasteiger partial charge in [0.2, 0.25) is 5.91 Å². The molecular formula is C16H23ClN2O. The minimum atomic E-state index is -0.429. The number of halogens is 1. The van der Waals surface area contributed by atoms with Gasteiger partial charge in [-0.05, 0) is 43.1 Å². The largest absolute Gasteiger partial charge is 0.352 e. The highest BCUT2D eigenvalue weighted by molar-refractivity contribution is 5.85. The van der Waals surface area contributed by atoms with Crippen LogP contribution >= 0.6 is 12.4 Å².